The Bertz CT molecular complexity index is 2140. The standard InChI is InChI=1S/C30H28BN6.C8H5NO2S.Zn/c1-22-19-28(25-13-7-4-8-14-25)32-35(22)31(36-23(2)20-29(33-36)26-15-9-5-10-16-26)37-24(3)21-30(34-37)27-17-11-6-12-18-27;10-8(11)7-9-5-3-1-2-4-6(5)12-7;/h4-21,31H,1-3H3;1-4H,(H,10,11);/q-1;;+2/p-1. The molecule has 0 N–H and O–H groups in total. The number of aromatic carboxylic acids is 1. The molecule has 0 aliphatic carbocycles. The summed E-state index contributed by atoms with van der Waals surface area (Å²) in [6.45, 7) is 6.31. The number of rotatable bonds is 7. The summed E-state index contributed by atoms with van der Waals surface area (Å²) in [5, 5.41) is 25.8. The normalized spacial score (nSPS) is 10.9. The molecule has 4 aromatic heterocycles. The second kappa shape index (κ2) is 15.0. The van der Waals surface area contributed by atoms with Crippen LogP contribution in [0.25, 0.3) is 44.0 Å². The number of carboxylic acids is 1. The van der Waals surface area contributed by atoms with E-state index in [-0.39, 0.29) is 24.5 Å². The Hall–Kier alpha value is -5.44. The van der Waals surface area contributed by atoms with Crippen LogP contribution in [0.4, 0.5) is 0 Å². The molecule has 12 heteroatoms. The van der Waals surface area contributed by atoms with E-state index in [1.165, 1.54) is 0 Å². The molecular weight excluding hydrogens is 695 g/mol. The van der Waals surface area contributed by atoms with Crippen molar-refractivity contribution in [1.29, 1.82) is 0 Å². The maximum absolute atomic E-state index is 10.4. The monoisotopic (exact) mass is 725 g/mol. The summed E-state index contributed by atoms with van der Waals surface area (Å²) in [5.41, 5.74) is 9.99. The van der Waals surface area contributed by atoms with Crippen LogP contribution in [0.3, 0.4) is 0 Å². The van der Waals surface area contributed by atoms with E-state index in [4.69, 9.17) is 15.3 Å². The predicted octanol–water partition coefficient (Wildman–Crippen LogP) is 6.52. The third kappa shape index (κ3) is 7.13. The van der Waals surface area contributed by atoms with Crippen LogP contribution in [0.15, 0.2) is 133 Å². The van der Waals surface area contributed by atoms with Crippen LogP contribution in [0.5, 0.6) is 0 Å². The van der Waals surface area contributed by atoms with Gasteiger partial charge in [-0.25, -0.2) is 20.3 Å². The van der Waals surface area contributed by atoms with Crippen molar-refractivity contribution in [2.45, 2.75) is 20.8 Å². The third-order valence-electron chi connectivity index (χ3n) is 8.42. The van der Waals surface area contributed by atoms with Crippen molar-refractivity contribution in [3.05, 3.63) is 156 Å². The van der Waals surface area contributed by atoms with E-state index < -0.39 is 13.1 Å². The Kier molecular flexibility index (Phi) is 10.3. The molecule has 0 unspecified atom stereocenters. The summed E-state index contributed by atoms with van der Waals surface area (Å²) >= 11 is 1.13. The van der Waals surface area contributed by atoms with E-state index in [9.17, 15) is 9.90 Å². The Labute approximate surface area is 306 Å². The van der Waals surface area contributed by atoms with Crippen LogP contribution in [-0.4, -0.2) is 47.1 Å². The summed E-state index contributed by atoms with van der Waals surface area (Å²) in [6, 6.07) is 44.6. The Morgan fingerprint density at radius 2 is 0.940 bits per heavy atom. The molecule has 0 saturated heterocycles. The molecule has 0 spiro atoms. The quantitative estimate of drug-likeness (QED) is 0.173. The molecule has 8 aromatic rings. The Morgan fingerprint density at radius 3 is 1.30 bits per heavy atom. The molecule has 4 heterocycles. The van der Waals surface area contributed by atoms with Crippen molar-refractivity contribution in [1.82, 2.24) is 34.1 Å². The fraction of sp³-hybridized carbons (Fsp3) is 0.0789. The predicted molar refractivity (Wildman–Crippen MR) is 194 cm³/mol. The Morgan fingerprint density at radius 1 is 0.580 bits per heavy atom. The van der Waals surface area contributed by atoms with Gasteiger partial charge in [0.05, 0.1) is 27.3 Å². The van der Waals surface area contributed by atoms with Gasteiger partial charge in [-0.05, 0) is 68.2 Å². The first-order valence-electron chi connectivity index (χ1n) is 15.9. The van der Waals surface area contributed by atoms with Gasteiger partial charge in [-0.1, -0.05) is 103 Å². The van der Waals surface area contributed by atoms with Crippen molar-refractivity contribution in [3.8, 4) is 33.8 Å². The average molecular weight is 727 g/mol. The van der Waals surface area contributed by atoms with Gasteiger partial charge in [0.1, 0.15) is 11.0 Å². The molecule has 0 fully saturated rings. The van der Waals surface area contributed by atoms with Crippen LogP contribution in [-0.2, 0) is 19.5 Å². The molecule has 0 radical (unpaired) electrons. The van der Waals surface area contributed by atoms with E-state index in [1.54, 1.807) is 6.07 Å². The fourth-order valence-corrected chi connectivity index (χ4v) is 6.78. The molecule has 0 saturated carbocycles. The van der Waals surface area contributed by atoms with Crippen molar-refractivity contribution in [2.24, 2.45) is 0 Å². The van der Waals surface area contributed by atoms with E-state index in [1.807, 2.05) is 72.8 Å². The van der Waals surface area contributed by atoms with Crippen LogP contribution < -0.4 is 5.11 Å². The van der Waals surface area contributed by atoms with Gasteiger partial charge >= 0.3 is 26.6 Å². The second-order valence-corrected chi connectivity index (χ2v) is 12.8. The van der Waals surface area contributed by atoms with Gasteiger partial charge < -0.3 is 23.7 Å². The first kappa shape index (κ1) is 34.4. The summed E-state index contributed by atoms with van der Waals surface area (Å²) in [4.78, 5) is 14.3. The van der Waals surface area contributed by atoms with E-state index in [0.29, 0.717) is 5.52 Å². The van der Waals surface area contributed by atoms with Crippen LogP contribution in [0.2, 0.25) is 0 Å². The van der Waals surface area contributed by atoms with Gasteiger partial charge in [0.25, 0.3) is 0 Å². The number of hydrogen-bond acceptors (Lipinski definition) is 7. The van der Waals surface area contributed by atoms with Crippen molar-refractivity contribution < 1.29 is 29.4 Å². The minimum Gasteiger partial charge on any atom is -0.542 e. The zero-order valence-corrected chi connectivity index (χ0v) is 31.8. The van der Waals surface area contributed by atoms with Crippen molar-refractivity contribution in [3.63, 3.8) is 0 Å². The number of fused-ring (bicyclic) bond motifs is 1. The topological polar surface area (TPSA) is 106 Å². The second-order valence-electron chi connectivity index (χ2n) is 11.8. The van der Waals surface area contributed by atoms with Crippen molar-refractivity contribution >= 4 is 34.6 Å². The number of para-hydroxylation sites is 1. The summed E-state index contributed by atoms with van der Waals surface area (Å²) in [5.74, 6) is -1.21. The van der Waals surface area contributed by atoms with Gasteiger partial charge in [0.2, 0.25) is 0 Å². The number of carboxylic acid groups (broad SMARTS) is 1. The average Bonchev–Trinajstić information content (AvgIpc) is 3.93. The number of thiazole rings is 1. The summed E-state index contributed by atoms with van der Waals surface area (Å²) in [6.07, 6.45) is 0. The van der Waals surface area contributed by atoms with Gasteiger partial charge in [-0.15, -0.1) is 11.3 Å². The minimum atomic E-state index is -1.55. The minimum absolute atomic E-state index is 0. The SMILES string of the molecule is Cc1cc(-c2ccccc2)nn1[BH-](n1nc(-c2ccccc2)cc1C)n1nc(-c2ccccc2)cc1C.O=C([O-])c1nc2ccccc2s1.[Zn+2]. The third-order valence-corrected chi connectivity index (χ3v) is 9.44. The smallest absolute Gasteiger partial charge is 0.542 e. The molecule has 0 amide bonds. The summed E-state index contributed by atoms with van der Waals surface area (Å²) < 4.78 is 7.18. The zero-order chi connectivity index (χ0) is 33.9. The van der Waals surface area contributed by atoms with E-state index >= 15 is 0 Å². The number of carbonyl (C=O) groups excluding carboxylic acids is 1. The fourth-order valence-electron chi connectivity index (χ4n) is 5.98. The molecule has 9 nitrogen and oxygen atoms in total. The van der Waals surface area contributed by atoms with E-state index in [2.05, 4.69) is 94.1 Å². The maximum Gasteiger partial charge on any atom is 2.00 e. The molecule has 0 bridgehead atoms. The summed E-state index contributed by atoms with van der Waals surface area (Å²) in [7, 11) is -1.55. The number of aryl methyl sites for hydroxylation is 3. The number of hydrogen-bond donors (Lipinski definition) is 0. The largest absolute Gasteiger partial charge is 2.00 e. The molecule has 8 rings (SSSR count). The molecule has 0 aliphatic rings. The molecule has 50 heavy (non-hydrogen) atoms. The number of aromatic nitrogens is 7. The zero-order valence-electron chi connectivity index (χ0n) is 28.0. The first-order valence-corrected chi connectivity index (χ1v) is 16.8. The Balaban J connectivity index is 0.000000281. The van der Waals surface area contributed by atoms with Crippen LogP contribution in [0, 0.1) is 20.8 Å². The van der Waals surface area contributed by atoms with Gasteiger partial charge in [0, 0.05) is 16.7 Å². The van der Waals surface area contributed by atoms with Crippen LogP contribution in [0.1, 0.15) is 26.9 Å². The molecule has 242 valence electrons. The molecule has 0 aliphatic heterocycles. The maximum atomic E-state index is 10.4. The van der Waals surface area contributed by atoms with Gasteiger partial charge in [-0.2, -0.15) is 0 Å². The molecule has 0 atom stereocenters. The number of nitrogens with zero attached hydrogens (tertiary/aromatic N) is 7. The van der Waals surface area contributed by atoms with Crippen molar-refractivity contribution in [2.75, 3.05) is 0 Å². The van der Waals surface area contributed by atoms with E-state index in [0.717, 1.165) is 66.9 Å². The first-order chi connectivity index (χ1) is 23.9. The van der Waals surface area contributed by atoms with Gasteiger partial charge in [0.15, 0.2) is 0 Å². The van der Waals surface area contributed by atoms with Crippen LogP contribution >= 0.6 is 11.3 Å². The van der Waals surface area contributed by atoms with Gasteiger partial charge in [-0.3, -0.25) is 0 Å². The number of benzene rings is 4. The number of carbonyl (C=O) groups is 1. The molecular formula is C38H32BN7O2SZn. The molecule has 4 aromatic carbocycles.